The van der Waals surface area contributed by atoms with Gasteiger partial charge in [-0.1, -0.05) is 330 Å². The smallest absolute Gasteiger partial charge is 0.306 e. The number of esters is 2. The fourth-order valence-corrected chi connectivity index (χ4v) is 9.60. The van der Waals surface area contributed by atoms with Gasteiger partial charge in [0.05, 0.1) is 6.61 Å². The van der Waals surface area contributed by atoms with Crippen LogP contribution >= 0.6 is 0 Å². The highest BCUT2D eigenvalue weighted by molar-refractivity contribution is 5.70. The fraction of sp³-hybridized carbons (Fsp3) is 0.771. The zero-order chi connectivity index (χ0) is 54.1. The van der Waals surface area contributed by atoms with Gasteiger partial charge in [-0.25, -0.2) is 0 Å². The van der Waals surface area contributed by atoms with E-state index in [4.69, 9.17) is 9.47 Å². The van der Waals surface area contributed by atoms with Gasteiger partial charge in [-0.05, 0) is 70.6 Å². The Kier molecular flexibility index (Phi) is 62.8. The van der Waals surface area contributed by atoms with Gasteiger partial charge < -0.3 is 14.6 Å². The van der Waals surface area contributed by atoms with Crippen LogP contribution in [0.1, 0.15) is 328 Å². The first-order valence-electron chi connectivity index (χ1n) is 32.6. The Morgan fingerprint density at radius 1 is 0.320 bits per heavy atom. The van der Waals surface area contributed by atoms with E-state index in [2.05, 4.69) is 98.9 Å². The molecule has 5 heteroatoms. The Morgan fingerprint density at radius 3 is 0.867 bits per heavy atom. The molecule has 434 valence electrons. The van der Waals surface area contributed by atoms with Gasteiger partial charge in [0.1, 0.15) is 6.61 Å². The molecular weight excluding hydrogens is 921 g/mol. The number of carbonyl (C=O) groups excluding carboxylic acids is 2. The number of hydrogen-bond donors (Lipinski definition) is 1. The number of carbonyl (C=O) groups is 2. The lowest BCUT2D eigenvalue weighted by molar-refractivity contribution is -0.161. The van der Waals surface area contributed by atoms with Gasteiger partial charge in [0.25, 0.3) is 0 Å². The molecular formula is C70H124O5. The molecule has 0 radical (unpaired) electrons. The van der Waals surface area contributed by atoms with Gasteiger partial charge in [-0.2, -0.15) is 0 Å². The molecule has 0 fully saturated rings. The van der Waals surface area contributed by atoms with Crippen molar-refractivity contribution < 1.29 is 24.2 Å². The van der Waals surface area contributed by atoms with Crippen LogP contribution in [0.15, 0.2) is 85.1 Å². The largest absolute Gasteiger partial charge is 0.462 e. The van der Waals surface area contributed by atoms with Crippen molar-refractivity contribution in [3.63, 3.8) is 0 Å². The standard InChI is InChI=1S/C70H124O5/c1-3-5-7-9-11-13-15-17-19-21-23-25-27-29-30-31-32-33-34-35-36-37-38-39-41-42-44-46-48-50-52-54-56-58-60-62-64-69(72)74-67-68(66-71)75-70(73)65-63-61-59-57-55-53-51-49-47-45-43-40-28-26-24-22-20-18-16-14-12-10-8-6-4-2/h6,8,12,14,18,20,24,26,40,43,47,49,53,55,68,71H,3-5,7,9-11,13,15-17,19,21-23,25,27-39,41-42,44-46,48,50-52,54,56-67H2,1-2H3/b8-6-,14-12-,20-18-,26-24-,43-40-,49-47-,55-53-. The number of aliphatic hydroxyl groups excluding tert-OH is 1. The minimum absolute atomic E-state index is 0.0810. The predicted molar refractivity (Wildman–Crippen MR) is 329 cm³/mol. The molecule has 0 aliphatic rings. The fourth-order valence-electron chi connectivity index (χ4n) is 9.60. The first-order chi connectivity index (χ1) is 37.1. The number of hydrogen-bond acceptors (Lipinski definition) is 5. The normalized spacial score (nSPS) is 12.7. The van der Waals surface area contributed by atoms with Crippen LogP contribution < -0.4 is 0 Å². The molecule has 0 aliphatic carbocycles. The summed E-state index contributed by atoms with van der Waals surface area (Å²) >= 11 is 0. The quantitative estimate of drug-likeness (QED) is 0.0373. The zero-order valence-corrected chi connectivity index (χ0v) is 49.8. The van der Waals surface area contributed by atoms with Gasteiger partial charge in [0, 0.05) is 12.8 Å². The third-order valence-corrected chi connectivity index (χ3v) is 14.5. The van der Waals surface area contributed by atoms with Gasteiger partial charge >= 0.3 is 11.9 Å². The molecule has 75 heavy (non-hydrogen) atoms. The van der Waals surface area contributed by atoms with Crippen LogP contribution in [0.4, 0.5) is 0 Å². The van der Waals surface area contributed by atoms with Crippen molar-refractivity contribution >= 4 is 11.9 Å². The molecule has 1 atom stereocenters. The number of rotatable bonds is 60. The molecule has 0 saturated heterocycles. The SMILES string of the molecule is CC/C=C\C/C=C\C/C=C\C/C=C\C/C=C\C/C=C\C/C=C\CCCCCC(=O)OC(CO)COC(=O)CCCCCCCCCCCCCCCCCCCCCCCCCCCCCCCCCCCCCC. The van der Waals surface area contributed by atoms with Gasteiger partial charge in [0.15, 0.2) is 6.10 Å². The van der Waals surface area contributed by atoms with E-state index in [1.54, 1.807) is 0 Å². The van der Waals surface area contributed by atoms with Crippen molar-refractivity contribution in [3.8, 4) is 0 Å². The summed E-state index contributed by atoms with van der Waals surface area (Å²) in [7, 11) is 0. The molecule has 0 rings (SSSR count). The first kappa shape index (κ1) is 72.1. The predicted octanol–water partition coefficient (Wildman–Crippen LogP) is 22.5. The van der Waals surface area contributed by atoms with E-state index in [9.17, 15) is 14.7 Å². The van der Waals surface area contributed by atoms with Crippen LogP contribution in [-0.2, 0) is 19.1 Å². The molecule has 0 aromatic heterocycles. The maximum Gasteiger partial charge on any atom is 0.306 e. The average molecular weight is 1050 g/mol. The van der Waals surface area contributed by atoms with Crippen LogP contribution in [0, 0.1) is 0 Å². The van der Waals surface area contributed by atoms with E-state index in [0.29, 0.717) is 12.8 Å². The summed E-state index contributed by atoms with van der Waals surface area (Å²) in [6.45, 7) is 4.04. The van der Waals surface area contributed by atoms with E-state index >= 15 is 0 Å². The topological polar surface area (TPSA) is 72.8 Å². The lowest BCUT2D eigenvalue weighted by Crippen LogP contribution is -2.28. The van der Waals surface area contributed by atoms with Crippen molar-refractivity contribution in [2.75, 3.05) is 13.2 Å². The maximum absolute atomic E-state index is 12.3. The van der Waals surface area contributed by atoms with Crippen LogP contribution in [0.5, 0.6) is 0 Å². The Balaban J connectivity index is 3.46. The van der Waals surface area contributed by atoms with Crippen molar-refractivity contribution in [1.82, 2.24) is 0 Å². The molecule has 0 aliphatic heterocycles. The van der Waals surface area contributed by atoms with Crippen molar-refractivity contribution in [3.05, 3.63) is 85.1 Å². The van der Waals surface area contributed by atoms with Crippen LogP contribution in [0.2, 0.25) is 0 Å². The Bertz CT molecular complexity index is 1370. The molecule has 0 bridgehead atoms. The molecule has 0 heterocycles. The van der Waals surface area contributed by atoms with Crippen molar-refractivity contribution in [1.29, 1.82) is 0 Å². The van der Waals surface area contributed by atoms with E-state index in [-0.39, 0.29) is 25.2 Å². The summed E-state index contributed by atoms with van der Waals surface area (Å²) in [6.07, 6.45) is 91.8. The second-order valence-electron chi connectivity index (χ2n) is 21.8. The zero-order valence-electron chi connectivity index (χ0n) is 49.8. The number of ether oxygens (including phenoxy) is 2. The van der Waals surface area contributed by atoms with E-state index < -0.39 is 6.10 Å². The molecule has 0 aromatic rings. The van der Waals surface area contributed by atoms with Crippen LogP contribution in [-0.4, -0.2) is 36.4 Å². The third-order valence-electron chi connectivity index (χ3n) is 14.5. The molecule has 0 aromatic carbocycles. The number of unbranched alkanes of at least 4 members (excludes halogenated alkanes) is 38. The van der Waals surface area contributed by atoms with E-state index in [0.717, 1.165) is 89.9 Å². The van der Waals surface area contributed by atoms with Gasteiger partial charge in [0.2, 0.25) is 0 Å². The summed E-state index contributed by atoms with van der Waals surface area (Å²) in [4.78, 5) is 24.6. The monoisotopic (exact) mass is 1040 g/mol. The van der Waals surface area contributed by atoms with Gasteiger partial charge in [-0.3, -0.25) is 9.59 Å². The molecule has 1 N–H and O–H groups in total. The summed E-state index contributed by atoms with van der Waals surface area (Å²) in [5, 5.41) is 9.67. The summed E-state index contributed by atoms with van der Waals surface area (Å²) in [5.74, 6) is -0.621. The summed E-state index contributed by atoms with van der Waals surface area (Å²) in [6, 6.07) is 0. The summed E-state index contributed by atoms with van der Waals surface area (Å²) < 4.78 is 10.7. The lowest BCUT2D eigenvalue weighted by atomic mass is 10.0. The van der Waals surface area contributed by atoms with E-state index in [1.165, 1.54) is 212 Å². The highest BCUT2D eigenvalue weighted by atomic mass is 16.6. The second kappa shape index (κ2) is 65.4. The number of allylic oxidation sites excluding steroid dienone is 14. The van der Waals surface area contributed by atoms with Crippen molar-refractivity contribution in [2.24, 2.45) is 0 Å². The second-order valence-corrected chi connectivity index (χ2v) is 21.8. The van der Waals surface area contributed by atoms with E-state index in [1.807, 2.05) is 0 Å². The molecule has 1 unspecified atom stereocenters. The Morgan fingerprint density at radius 2 is 0.573 bits per heavy atom. The molecule has 0 amide bonds. The van der Waals surface area contributed by atoms with Crippen molar-refractivity contribution in [2.45, 2.75) is 335 Å². The third kappa shape index (κ3) is 63.5. The first-order valence-corrected chi connectivity index (χ1v) is 32.6. The molecule has 0 saturated carbocycles. The lowest BCUT2D eigenvalue weighted by Gasteiger charge is -2.15. The maximum atomic E-state index is 12.3. The average Bonchev–Trinajstić information content (AvgIpc) is 3.41. The van der Waals surface area contributed by atoms with Gasteiger partial charge in [-0.15, -0.1) is 0 Å². The van der Waals surface area contributed by atoms with Crippen LogP contribution in [0.25, 0.3) is 0 Å². The molecule has 0 spiro atoms. The Labute approximate surface area is 466 Å². The minimum Gasteiger partial charge on any atom is -0.462 e. The highest BCUT2D eigenvalue weighted by Crippen LogP contribution is 2.18. The number of aliphatic hydroxyl groups is 1. The highest BCUT2D eigenvalue weighted by Gasteiger charge is 2.16. The van der Waals surface area contributed by atoms with Crippen LogP contribution in [0.3, 0.4) is 0 Å². The Hall–Kier alpha value is -2.92. The summed E-state index contributed by atoms with van der Waals surface area (Å²) in [5.41, 5.74) is 0. The molecule has 5 nitrogen and oxygen atoms in total. The minimum atomic E-state index is -0.795.